The van der Waals surface area contributed by atoms with E-state index in [0.29, 0.717) is 12.2 Å². The molecule has 5 atom stereocenters. The molecule has 1 fully saturated rings. The summed E-state index contributed by atoms with van der Waals surface area (Å²) in [5.41, 5.74) is 3.83. The maximum Gasteiger partial charge on any atom is 0.303 e. The highest BCUT2D eigenvalue weighted by molar-refractivity contribution is 5.70. The van der Waals surface area contributed by atoms with Gasteiger partial charge >= 0.3 is 23.9 Å². The molecule has 0 unspecified atom stereocenters. The highest BCUT2D eigenvalue weighted by Gasteiger charge is 2.52. The fourth-order valence-corrected chi connectivity index (χ4v) is 5.22. The van der Waals surface area contributed by atoms with E-state index in [1.807, 2.05) is 26.5 Å². The van der Waals surface area contributed by atoms with Crippen LogP contribution in [0.25, 0.3) is 12.2 Å². The van der Waals surface area contributed by atoms with Crippen molar-refractivity contribution in [2.45, 2.75) is 84.5 Å². The van der Waals surface area contributed by atoms with Gasteiger partial charge in [0, 0.05) is 72.6 Å². The molecule has 0 radical (unpaired) electrons. The number of aryl methyl sites for hydroxylation is 2. The van der Waals surface area contributed by atoms with Gasteiger partial charge in [0.15, 0.2) is 37.0 Å². The molecule has 1 aliphatic rings. The number of carbonyl (C=O) groups excluding carboxylic acids is 4. The standard InChI is InChI=1S/C35H44N5O10/c1-23(41)45-22-31-32(47-24(2)42)33(48-25(3)43)34(49-26(4)44)35(50-31)46-21-29-20-40(37-36-29)17-7-16-39-18-14-28(15-19-39)9-8-27-10-12-30(13-11-27)38(5)6/h8-15,18-20,31-35H,7,16-17,21-22H2,1-6H3/q+1/t31-,32-,33+,34-,35-/m1/s1. The van der Waals surface area contributed by atoms with Crippen molar-refractivity contribution in [3.05, 3.63) is 71.8 Å². The smallest absolute Gasteiger partial charge is 0.303 e. The first-order valence-corrected chi connectivity index (χ1v) is 16.1. The van der Waals surface area contributed by atoms with Gasteiger partial charge in [-0.05, 0) is 23.3 Å². The molecular weight excluding hydrogens is 650 g/mol. The predicted molar refractivity (Wildman–Crippen MR) is 178 cm³/mol. The molecule has 15 heteroatoms. The van der Waals surface area contributed by atoms with Gasteiger partial charge in [-0.25, -0.2) is 4.57 Å². The van der Waals surface area contributed by atoms with Crippen LogP contribution >= 0.6 is 0 Å². The number of aromatic nitrogens is 4. The molecule has 2 aromatic heterocycles. The van der Waals surface area contributed by atoms with Gasteiger partial charge in [-0.2, -0.15) is 0 Å². The lowest BCUT2D eigenvalue weighted by Gasteiger charge is -2.43. The molecule has 1 aromatic carbocycles. The summed E-state index contributed by atoms with van der Waals surface area (Å²) >= 11 is 0. The summed E-state index contributed by atoms with van der Waals surface area (Å²) in [7, 11) is 4.03. The third-order valence-electron chi connectivity index (χ3n) is 7.53. The Kier molecular flexibility index (Phi) is 13.6. The lowest BCUT2D eigenvalue weighted by atomic mass is 9.98. The zero-order valence-corrected chi connectivity index (χ0v) is 29.1. The van der Waals surface area contributed by atoms with Crippen LogP contribution in [0.15, 0.2) is 55.0 Å². The van der Waals surface area contributed by atoms with Crippen molar-refractivity contribution >= 4 is 41.7 Å². The van der Waals surface area contributed by atoms with Crippen molar-refractivity contribution < 1.29 is 52.2 Å². The van der Waals surface area contributed by atoms with Crippen LogP contribution in [0.1, 0.15) is 50.9 Å². The minimum absolute atomic E-state index is 0.114. The van der Waals surface area contributed by atoms with E-state index in [4.69, 9.17) is 28.4 Å². The minimum atomic E-state index is -1.32. The van der Waals surface area contributed by atoms with Gasteiger partial charge in [-0.1, -0.05) is 29.5 Å². The third-order valence-corrected chi connectivity index (χ3v) is 7.53. The number of pyridine rings is 1. The van der Waals surface area contributed by atoms with Gasteiger partial charge in [-0.15, -0.1) is 5.10 Å². The van der Waals surface area contributed by atoms with Gasteiger partial charge in [0.25, 0.3) is 0 Å². The van der Waals surface area contributed by atoms with Crippen molar-refractivity contribution in [2.75, 3.05) is 25.6 Å². The van der Waals surface area contributed by atoms with Crippen LogP contribution in [0.3, 0.4) is 0 Å². The summed E-state index contributed by atoms with van der Waals surface area (Å²) in [6.45, 7) is 5.55. The number of ether oxygens (including phenoxy) is 6. The molecule has 268 valence electrons. The van der Waals surface area contributed by atoms with Crippen LogP contribution in [-0.4, -0.2) is 90.3 Å². The quantitative estimate of drug-likeness (QED) is 0.130. The zero-order valence-electron chi connectivity index (χ0n) is 29.1. The van der Waals surface area contributed by atoms with E-state index < -0.39 is 54.6 Å². The Morgan fingerprint density at radius 2 is 1.44 bits per heavy atom. The predicted octanol–water partition coefficient (Wildman–Crippen LogP) is 2.49. The van der Waals surface area contributed by atoms with E-state index >= 15 is 0 Å². The molecule has 3 heterocycles. The maximum atomic E-state index is 12.0. The maximum absolute atomic E-state index is 12.0. The number of hydrogen-bond acceptors (Lipinski definition) is 13. The van der Waals surface area contributed by atoms with Crippen LogP contribution in [-0.2, 0) is 67.3 Å². The molecular formula is C35H44N5O10+. The summed E-state index contributed by atoms with van der Waals surface area (Å²) < 4.78 is 37.0. The topological polar surface area (TPSA) is 161 Å². The summed E-state index contributed by atoms with van der Waals surface area (Å²) in [6.07, 6.45) is 4.40. The molecule has 0 N–H and O–H groups in total. The Hall–Kier alpha value is -5.15. The SMILES string of the molecule is CC(=O)OC[C@H]1O[C@@H](OCc2cn(CCC[n+]3ccc(/C=C/c4ccc(N(C)C)cc4)cc3)nn2)[C@H](OC(C)=O)[C@@H](OC(C)=O)[C@@H]1OC(C)=O. The van der Waals surface area contributed by atoms with Gasteiger partial charge in [0.2, 0.25) is 0 Å². The largest absolute Gasteiger partial charge is 0.463 e. The number of rotatable bonds is 15. The summed E-state index contributed by atoms with van der Waals surface area (Å²) in [5.74, 6) is -2.77. The molecule has 4 rings (SSSR count). The van der Waals surface area contributed by atoms with Gasteiger partial charge in [-0.3, -0.25) is 23.9 Å². The average molecular weight is 695 g/mol. The van der Waals surface area contributed by atoms with Crippen LogP contribution in [0.4, 0.5) is 5.69 Å². The molecule has 1 saturated heterocycles. The highest BCUT2D eigenvalue weighted by Crippen LogP contribution is 2.30. The average Bonchev–Trinajstić information content (AvgIpc) is 3.52. The number of esters is 4. The van der Waals surface area contributed by atoms with E-state index in [9.17, 15) is 19.2 Å². The number of hydrogen-bond donors (Lipinski definition) is 0. The van der Waals surface area contributed by atoms with E-state index in [1.54, 1.807) is 10.9 Å². The lowest BCUT2D eigenvalue weighted by molar-refractivity contribution is -0.697. The molecule has 3 aromatic rings. The second-order valence-corrected chi connectivity index (χ2v) is 11.9. The van der Waals surface area contributed by atoms with E-state index in [0.717, 1.165) is 50.6 Å². The second-order valence-electron chi connectivity index (χ2n) is 11.9. The van der Waals surface area contributed by atoms with Gasteiger partial charge in [0.05, 0.1) is 12.8 Å². The lowest BCUT2D eigenvalue weighted by Crippen LogP contribution is -2.62. The van der Waals surface area contributed by atoms with Crippen LogP contribution < -0.4 is 9.47 Å². The Balaban J connectivity index is 1.34. The number of anilines is 1. The zero-order chi connectivity index (χ0) is 36.2. The van der Waals surface area contributed by atoms with Crippen molar-refractivity contribution in [1.29, 1.82) is 0 Å². The molecule has 0 amide bonds. The first kappa shape index (κ1) is 37.7. The second kappa shape index (κ2) is 18.0. The van der Waals surface area contributed by atoms with Crippen molar-refractivity contribution in [2.24, 2.45) is 0 Å². The van der Waals surface area contributed by atoms with Crippen molar-refractivity contribution in [3.63, 3.8) is 0 Å². The molecule has 50 heavy (non-hydrogen) atoms. The Bertz CT molecular complexity index is 1620. The van der Waals surface area contributed by atoms with Crippen LogP contribution in [0.2, 0.25) is 0 Å². The Morgan fingerprint density at radius 1 is 0.840 bits per heavy atom. The minimum Gasteiger partial charge on any atom is -0.463 e. The Labute approximate surface area is 290 Å². The van der Waals surface area contributed by atoms with Gasteiger partial charge < -0.3 is 33.3 Å². The van der Waals surface area contributed by atoms with Crippen LogP contribution in [0.5, 0.6) is 0 Å². The third kappa shape index (κ3) is 11.5. The van der Waals surface area contributed by atoms with E-state index in [1.165, 1.54) is 6.92 Å². The normalized spacial score (nSPS) is 20.2. The molecule has 1 aliphatic heterocycles. The summed E-state index contributed by atoms with van der Waals surface area (Å²) in [5, 5.41) is 8.35. The van der Waals surface area contributed by atoms with Gasteiger partial charge in [0.1, 0.15) is 24.9 Å². The fourth-order valence-electron chi connectivity index (χ4n) is 5.22. The first-order chi connectivity index (χ1) is 23.9. The molecule has 0 bridgehead atoms. The van der Waals surface area contributed by atoms with Crippen molar-refractivity contribution in [3.8, 4) is 0 Å². The van der Waals surface area contributed by atoms with E-state index in [-0.39, 0.29) is 13.2 Å². The highest BCUT2D eigenvalue weighted by atomic mass is 16.7. The number of benzene rings is 1. The number of carbonyl (C=O) groups is 4. The van der Waals surface area contributed by atoms with E-state index in [2.05, 4.69) is 68.3 Å². The monoisotopic (exact) mass is 694 g/mol. The molecule has 0 spiro atoms. The molecule has 0 aliphatic carbocycles. The summed E-state index contributed by atoms with van der Waals surface area (Å²) in [4.78, 5) is 49.6. The molecule has 15 nitrogen and oxygen atoms in total. The van der Waals surface area contributed by atoms with Crippen LogP contribution in [0, 0.1) is 0 Å². The number of nitrogens with zero attached hydrogens (tertiary/aromatic N) is 5. The fraction of sp³-hybridized carbons (Fsp3) is 0.457. The van der Waals surface area contributed by atoms with Crippen molar-refractivity contribution in [1.82, 2.24) is 15.0 Å². The summed E-state index contributed by atoms with van der Waals surface area (Å²) in [6, 6.07) is 12.5. The first-order valence-electron chi connectivity index (χ1n) is 16.1. The Morgan fingerprint density at radius 3 is 2.04 bits per heavy atom. The molecule has 0 saturated carbocycles.